The summed E-state index contributed by atoms with van der Waals surface area (Å²) in [4.78, 5) is 18.2. The second-order valence-corrected chi connectivity index (χ2v) is 0.610. The van der Waals surface area contributed by atoms with E-state index in [1.807, 2.05) is 0 Å². The molecule has 0 aromatic rings. The van der Waals surface area contributed by atoms with Crippen molar-refractivity contribution in [3.8, 4) is 0 Å². The van der Waals surface area contributed by atoms with Crippen LogP contribution in [0.1, 0.15) is 0 Å². The number of aliphatic carboxylic acids is 2. The normalized spacial score (nSPS) is 3.38. The van der Waals surface area contributed by atoms with Gasteiger partial charge in [0.2, 0.25) is 0 Å². The Labute approximate surface area is 71.4 Å². The van der Waals surface area contributed by atoms with Gasteiger partial charge < -0.3 is 48.5 Å². The van der Waals surface area contributed by atoms with E-state index < -0.39 is 11.9 Å². The molecule has 0 unspecified atom stereocenters. The smallest absolute Gasteiger partial charge is 0.414 e. The Morgan fingerprint density at radius 3 is 0.615 bits per heavy atom. The van der Waals surface area contributed by atoms with Gasteiger partial charge in [0.05, 0.1) is 0 Å². The molecule has 13 heavy (non-hydrogen) atoms. The van der Waals surface area contributed by atoms with Gasteiger partial charge in [-0.15, -0.1) is 0 Å². The molecule has 0 aliphatic rings. The molecule has 0 heterocycles. The van der Waals surface area contributed by atoms with Gasteiger partial charge >= 0.3 is 11.9 Å². The van der Waals surface area contributed by atoms with Gasteiger partial charge in [0, 0.05) is 0 Å². The standard InChI is InChI=1S/C2H2O4.7H2O/c3-1(4)2(5)6;;;;;;;/h(H,3,4)(H,5,6);7*1H2. The van der Waals surface area contributed by atoms with Crippen molar-refractivity contribution in [2.75, 3.05) is 0 Å². The molecule has 0 aromatic carbocycles. The summed E-state index contributed by atoms with van der Waals surface area (Å²) in [5.74, 6) is -3.65. The lowest BCUT2D eigenvalue weighted by molar-refractivity contribution is -0.159. The molecule has 0 aliphatic heterocycles. The summed E-state index contributed by atoms with van der Waals surface area (Å²) >= 11 is 0. The zero-order chi connectivity index (χ0) is 5.15. The zero-order valence-electron chi connectivity index (χ0n) is 6.21. The summed E-state index contributed by atoms with van der Waals surface area (Å²) in [6.45, 7) is 0. The molecule has 0 amide bonds. The molecule has 0 bridgehead atoms. The van der Waals surface area contributed by atoms with Gasteiger partial charge in [0.25, 0.3) is 0 Å². The fraction of sp³-hybridized carbons (Fsp3) is 0. The van der Waals surface area contributed by atoms with Crippen molar-refractivity contribution in [2.24, 2.45) is 0 Å². The van der Waals surface area contributed by atoms with Crippen molar-refractivity contribution >= 4 is 11.9 Å². The van der Waals surface area contributed by atoms with Gasteiger partial charge in [-0.3, -0.25) is 0 Å². The molecule has 0 saturated carbocycles. The molecular formula is C2H16O11. The number of carboxylic acid groups (broad SMARTS) is 2. The van der Waals surface area contributed by atoms with E-state index in [1.54, 1.807) is 0 Å². The molecule has 16 N–H and O–H groups in total. The average Bonchev–Trinajstić information content (AvgIpc) is 1.36. The van der Waals surface area contributed by atoms with Crippen LogP contribution in [0.4, 0.5) is 0 Å². The lowest BCUT2D eigenvalue weighted by Gasteiger charge is -1.72. The van der Waals surface area contributed by atoms with Crippen LogP contribution < -0.4 is 0 Å². The maximum Gasteiger partial charge on any atom is 0.414 e. The summed E-state index contributed by atoms with van der Waals surface area (Å²) in [5.41, 5.74) is 0. The van der Waals surface area contributed by atoms with Crippen LogP contribution in [0, 0.1) is 0 Å². The Kier molecular flexibility index (Phi) is 349. The van der Waals surface area contributed by atoms with E-state index in [-0.39, 0.29) is 38.3 Å². The van der Waals surface area contributed by atoms with Crippen LogP contribution in [0.15, 0.2) is 0 Å². The number of carboxylic acids is 2. The van der Waals surface area contributed by atoms with Crippen LogP contribution in [0.3, 0.4) is 0 Å². The van der Waals surface area contributed by atoms with Crippen LogP contribution in [-0.2, 0) is 9.59 Å². The maximum absolute atomic E-state index is 9.10. The predicted molar refractivity (Wildman–Crippen MR) is 40.6 cm³/mol. The molecule has 0 aromatic heterocycles. The van der Waals surface area contributed by atoms with Crippen molar-refractivity contribution in [1.82, 2.24) is 0 Å². The number of carbonyl (C=O) groups is 2. The van der Waals surface area contributed by atoms with Gasteiger partial charge in [-0.05, 0) is 0 Å². The maximum atomic E-state index is 9.10. The molecule has 0 fully saturated rings. The molecular weight excluding hydrogens is 200 g/mol. The van der Waals surface area contributed by atoms with Gasteiger partial charge in [0.1, 0.15) is 0 Å². The molecule has 90 valence electrons. The molecule has 0 rings (SSSR count). The first-order valence-corrected chi connectivity index (χ1v) is 1.11. The monoisotopic (exact) mass is 216 g/mol. The minimum Gasteiger partial charge on any atom is -0.473 e. The largest absolute Gasteiger partial charge is 0.473 e. The summed E-state index contributed by atoms with van der Waals surface area (Å²) in [6.07, 6.45) is 0. The van der Waals surface area contributed by atoms with Crippen molar-refractivity contribution in [3.05, 3.63) is 0 Å². The van der Waals surface area contributed by atoms with Crippen LogP contribution in [-0.4, -0.2) is 60.5 Å². The zero-order valence-corrected chi connectivity index (χ0v) is 6.21. The second-order valence-electron chi connectivity index (χ2n) is 0.610. The quantitative estimate of drug-likeness (QED) is 0.372. The average molecular weight is 216 g/mol. The minimum atomic E-state index is -1.82. The molecule has 11 nitrogen and oxygen atoms in total. The van der Waals surface area contributed by atoms with Gasteiger partial charge in [-0.2, -0.15) is 0 Å². The molecule has 11 heteroatoms. The van der Waals surface area contributed by atoms with E-state index >= 15 is 0 Å². The van der Waals surface area contributed by atoms with E-state index in [0.29, 0.717) is 0 Å². The lowest BCUT2D eigenvalue weighted by Crippen LogP contribution is -2.09. The summed E-state index contributed by atoms with van der Waals surface area (Å²) in [5, 5.41) is 14.8. The second kappa shape index (κ2) is 45.8. The highest BCUT2D eigenvalue weighted by molar-refractivity contribution is 6.27. The molecule has 0 saturated heterocycles. The third kappa shape index (κ3) is 113. The topological polar surface area (TPSA) is 295 Å². The van der Waals surface area contributed by atoms with E-state index in [1.165, 1.54) is 0 Å². The van der Waals surface area contributed by atoms with Crippen LogP contribution in [0.2, 0.25) is 0 Å². The Bertz CT molecular complexity index is 74.1. The SMILES string of the molecule is O.O.O.O.O.O.O.O=C(O)C(=O)O. The van der Waals surface area contributed by atoms with E-state index in [9.17, 15) is 0 Å². The molecule has 0 aliphatic carbocycles. The van der Waals surface area contributed by atoms with E-state index in [0.717, 1.165) is 0 Å². The first-order chi connectivity index (χ1) is 2.64. The number of hydrogen-bond acceptors (Lipinski definition) is 2. The Morgan fingerprint density at radius 2 is 0.615 bits per heavy atom. The van der Waals surface area contributed by atoms with Crippen molar-refractivity contribution < 1.29 is 58.1 Å². The van der Waals surface area contributed by atoms with E-state index in [2.05, 4.69) is 0 Å². The summed E-state index contributed by atoms with van der Waals surface area (Å²) in [7, 11) is 0. The van der Waals surface area contributed by atoms with Gasteiger partial charge in [-0.25, -0.2) is 9.59 Å². The fourth-order valence-corrected chi connectivity index (χ4v) is 0. The summed E-state index contributed by atoms with van der Waals surface area (Å²) < 4.78 is 0. The fourth-order valence-electron chi connectivity index (χ4n) is 0. The first-order valence-electron chi connectivity index (χ1n) is 1.11. The van der Waals surface area contributed by atoms with Crippen molar-refractivity contribution in [1.29, 1.82) is 0 Å². The number of rotatable bonds is 0. The highest BCUT2D eigenvalue weighted by Crippen LogP contribution is 1.56. The molecule has 0 atom stereocenters. The third-order valence-corrected chi connectivity index (χ3v) is 0.183. The first kappa shape index (κ1) is 98.9. The minimum absolute atomic E-state index is 0. The Balaban J connectivity index is -0.00000000595. The highest BCUT2D eigenvalue weighted by atomic mass is 16.4. The molecule has 0 radical (unpaired) electrons. The third-order valence-electron chi connectivity index (χ3n) is 0.183. The highest BCUT2D eigenvalue weighted by Gasteiger charge is 2.04. The van der Waals surface area contributed by atoms with Crippen molar-refractivity contribution in [3.63, 3.8) is 0 Å². The summed E-state index contributed by atoms with van der Waals surface area (Å²) in [6, 6.07) is 0. The number of hydrogen-bond donors (Lipinski definition) is 2. The van der Waals surface area contributed by atoms with Crippen LogP contribution in [0.25, 0.3) is 0 Å². The lowest BCUT2D eigenvalue weighted by atomic mass is 10.7. The predicted octanol–water partition coefficient (Wildman–Crippen LogP) is -6.62. The Morgan fingerprint density at radius 1 is 0.538 bits per heavy atom. The van der Waals surface area contributed by atoms with Crippen molar-refractivity contribution in [2.45, 2.75) is 0 Å². The molecule has 0 spiro atoms. The van der Waals surface area contributed by atoms with Crippen LogP contribution in [0.5, 0.6) is 0 Å². The van der Waals surface area contributed by atoms with Gasteiger partial charge in [-0.1, -0.05) is 0 Å². The van der Waals surface area contributed by atoms with E-state index in [4.69, 9.17) is 19.8 Å². The van der Waals surface area contributed by atoms with Gasteiger partial charge in [0.15, 0.2) is 0 Å². The van der Waals surface area contributed by atoms with Crippen LogP contribution >= 0.6 is 0 Å². The Hall–Kier alpha value is -1.34.